The molecule has 0 spiro atoms. The number of carbonyl (C=O) groups excluding carboxylic acids is 1. The number of benzene rings is 1. The Bertz CT molecular complexity index is 588. The molecule has 0 aliphatic carbocycles. The van der Waals surface area contributed by atoms with E-state index in [4.69, 9.17) is 5.11 Å². The van der Waals surface area contributed by atoms with Crippen LogP contribution in [0, 0.1) is 16.0 Å². The highest BCUT2D eigenvalue weighted by atomic mass is 16.6. The van der Waals surface area contributed by atoms with Crippen LogP contribution in [0.2, 0.25) is 0 Å². The van der Waals surface area contributed by atoms with Gasteiger partial charge in [-0.15, -0.1) is 0 Å². The van der Waals surface area contributed by atoms with Crippen LogP contribution in [-0.4, -0.2) is 53.5 Å². The predicted octanol–water partition coefficient (Wildman–Crippen LogP) is 1.60. The average molecular weight is 323 g/mol. The van der Waals surface area contributed by atoms with Gasteiger partial charge in [-0.3, -0.25) is 19.7 Å². The van der Waals surface area contributed by atoms with Gasteiger partial charge in [-0.2, -0.15) is 0 Å². The highest BCUT2D eigenvalue weighted by Crippen LogP contribution is 2.26. The van der Waals surface area contributed by atoms with Crippen LogP contribution in [0.1, 0.15) is 13.8 Å². The van der Waals surface area contributed by atoms with Gasteiger partial charge in [0.1, 0.15) is 12.2 Å². The van der Waals surface area contributed by atoms with Crippen LogP contribution in [0.5, 0.6) is 0 Å². The molecule has 0 fully saturated rings. The molecule has 0 saturated carbocycles. The van der Waals surface area contributed by atoms with Crippen LogP contribution in [-0.2, 0) is 9.59 Å². The van der Waals surface area contributed by atoms with Crippen molar-refractivity contribution in [2.24, 2.45) is 5.92 Å². The molecule has 1 aromatic carbocycles. The van der Waals surface area contributed by atoms with Crippen molar-refractivity contribution in [1.82, 2.24) is 4.90 Å². The van der Waals surface area contributed by atoms with Crippen LogP contribution in [0.3, 0.4) is 0 Å². The maximum atomic E-state index is 12.3. The highest BCUT2D eigenvalue weighted by molar-refractivity contribution is 5.85. The van der Waals surface area contributed by atoms with Gasteiger partial charge >= 0.3 is 5.97 Å². The first-order chi connectivity index (χ1) is 10.7. The van der Waals surface area contributed by atoms with Crippen LogP contribution in [0.15, 0.2) is 24.3 Å². The van der Waals surface area contributed by atoms with E-state index >= 15 is 0 Å². The molecule has 0 aliphatic rings. The maximum Gasteiger partial charge on any atom is 0.323 e. The molecule has 0 saturated heterocycles. The largest absolute Gasteiger partial charge is 0.480 e. The smallest absolute Gasteiger partial charge is 0.323 e. The van der Waals surface area contributed by atoms with E-state index in [1.54, 1.807) is 25.2 Å². The second-order valence-electron chi connectivity index (χ2n) is 5.66. The third kappa shape index (κ3) is 5.57. The van der Waals surface area contributed by atoms with Crippen molar-refractivity contribution in [3.8, 4) is 0 Å². The molecule has 1 aromatic rings. The quantitative estimate of drug-likeness (QED) is 0.575. The second kappa shape index (κ2) is 8.11. The Morgan fingerprint density at radius 3 is 2.39 bits per heavy atom. The summed E-state index contributed by atoms with van der Waals surface area (Å²) in [5, 5.41) is 20.0. The first-order valence-corrected chi connectivity index (χ1v) is 7.16. The molecule has 1 N–H and O–H groups in total. The molecule has 8 heteroatoms. The van der Waals surface area contributed by atoms with E-state index in [-0.39, 0.29) is 30.6 Å². The summed E-state index contributed by atoms with van der Waals surface area (Å²) in [5.41, 5.74) is 0.210. The number of hydrogen-bond donors (Lipinski definition) is 1. The van der Waals surface area contributed by atoms with Crippen molar-refractivity contribution in [1.29, 1.82) is 0 Å². The minimum atomic E-state index is -1.09. The fourth-order valence-electron chi connectivity index (χ4n) is 2.19. The summed E-state index contributed by atoms with van der Waals surface area (Å²) in [5.74, 6) is -1.36. The lowest BCUT2D eigenvalue weighted by atomic mass is 10.2. The normalized spacial score (nSPS) is 10.4. The molecule has 1 amide bonds. The Hall–Kier alpha value is -2.64. The van der Waals surface area contributed by atoms with Crippen molar-refractivity contribution in [3.63, 3.8) is 0 Å². The van der Waals surface area contributed by atoms with Crippen molar-refractivity contribution < 1.29 is 19.6 Å². The summed E-state index contributed by atoms with van der Waals surface area (Å²) in [7, 11) is 1.56. The van der Waals surface area contributed by atoms with Crippen molar-refractivity contribution in [3.05, 3.63) is 34.4 Å². The summed E-state index contributed by atoms with van der Waals surface area (Å²) in [6.07, 6.45) is 0. The Balaban J connectivity index is 2.89. The minimum absolute atomic E-state index is 0.101. The van der Waals surface area contributed by atoms with Crippen molar-refractivity contribution in [2.75, 3.05) is 31.6 Å². The molecule has 23 heavy (non-hydrogen) atoms. The highest BCUT2D eigenvalue weighted by Gasteiger charge is 2.22. The van der Waals surface area contributed by atoms with Crippen molar-refractivity contribution >= 4 is 23.3 Å². The van der Waals surface area contributed by atoms with Gasteiger partial charge in [0.15, 0.2) is 0 Å². The lowest BCUT2D eigenvalue weighted by molar-refractivity contribution is -0.384. The second-order valence-corrected chi connectivity index (χ2v) is 5.66. The number of nitro groups is 1. The van der Waals surface area contributed by atoms with E-state index in [1.165, 1.54) is 15.9 Å². The number of rotatable bonds is 8. The first kappa shape index (κ1) is 18.4. The monoisotopic (exact) mass is 323 g/mol. The van der Waals surface area contributed by atoms with Gasteiger partial charge in [-0.05, 0) is 12.0 Å². The van der Waals surface area contributed by atoms with Crippen LogP contribution in [0.25, 0.3) is 0 Å². The molecule has 0 radical (unpaired) electrons. The van der Waals surface area contributed by atoms with E-state index in [2.05, 4.69) is 0 Å². The average Bonchev–Trinajstić information content (AvgIpc) is 2.45. The number of anilines is 1. The predicted molar refractivity (Wildman–Crippen MR) is 85.4 cm³/mol. The SMILES string of the molecule is CC(C)CN(CC(=O)O)C(=O)CN(C)c1ccccc1[N+](=O)[O-]. The number of para-hydroxylation sites is 2. The van der Waals surface area contributed by atoms with Gasteiger partial charge in [-0.25, -0.2) is 0 Å². The topological polar surface area (TPSA) is 104 Å². The number of carboxylic acid groups (broad SMARTS) is 1. The lowest BCUT2D eigenvalue weighted by Gasteiger charge is -2.26. The van der Waals surface area contributed by atoms with Gasteiger partial charge in [0, 0.05) is 19.7 Å². The number of amides is 1. The van der Waals surface area contributed by atoms with E-state index in [9.17, 15) is 19.7 Å². The number of likely N-dealkylation sites (N-methyl/N-ethyl adjacent to an activating group) is 1. The maximum absolute atomic E-state index is 12.3. The number of hydrogen-bond acceptors (Lipinski definition) is 5. The number of nitro benzene ring substituents is 1. The molecule has 0 atom stereocenters. The third-order valence-corrected chi connectivity index (χ3v) is 3.13. The van der Waals surface area contributed by atoms with Crippen LogP contribution >= 0.6 is 0 Å². The Labute approximate surface area is 134 Å². The van der Waals surface area contributed by atoms with Gasteiger partial charge < -0.3 is 14.9 Å². The van der Waals surface area contributed by atoms with Gasteiger partial charge in [0.2, 0.25) is 5.91 Å². The van der Waals surface area contributed by atoms with Gasteiger partial charge in [0.05, 0.1) is 11.5 Å². The summed E-state index contributed by atoms with van der Waals surface area (Å²) in [6, 6.07) is 6.11. The zero-order valence-corrected chi connectivity index (χ0v) is 13.4. The van der Waals surface area contributed by atoms with Crippen LogP contribution < -0.4 is 4.90 Å². The molecule has 0 aliphatic heterocycles. The summed E-state index contributed by atoms with van der Waals surface area (Å²) in [6.45, 7) is 3.56. The van der Waals surface area contributed by atoms with Gasteiger partial charge in [0.25, 0.3) is 5.69 Å². The molecule has 0 bridgehead atoms. The molecular formula is C15H21N3O5. The molecule has 126 valence electrons. The Morgan fingerprint density at radius 1 is 1.26 bits per heavy atom. The number of aliphatic carboxylic acids is 1. The Morgan fingerprint density at radius 2 is 1.87 bits per heavy atom. The zero-order valence-electron chi connectivity index (χ0n) is 13.4. The molecular weight excluding hydrogens is 302 g/mol. The summed E-state index contributed by atoms with van der Waals surface area (Å²) >= 11 is 0. The van der Waals surface area contributed by atoms with Crippen molar-refractivity contribution in [2.45, 2.75) is 13.8 Å². The number of carbonyl (C=O) groups is 2. The number of nitrogens with zero attached hydrogens (tertiary/aromatic N) is 3. The zero-order chi connectivity index (χ0) is 17.6. The van der Waals surface area contributed by atoms with E-state index in [1.807, 2.05) is 13.8 Å². The lowest BCUT2D eigenvalue weighted by Crippen LogP contribution is -2.43. The standard InChI is InChI=1S/C15H21N3O5/c1-11(2)8-17(10-15(20)21)14(19)9-16(3)12-6-4-5-7-13(12)18(22)23/h4-7,11H,8-10H2,1-3H3,(H,20,21). The molecule has 0 unspecified atom stereocenters. The fraction of sp³-hybridized carbons (Fsp3) is 0.467. The molecule has 0 aromatic heterocycles. The molecule has 8 nitrogen and oxygen atoms in total. The first-order valence-electron chi connectivity index (χ1n) is 7.16. The molecule has 1 rings (SSSR count). The number of carboxylic acids is 1. The summed E-state index contributed by atoms with van der Waals surface area (Å²) < 4.78 is 0. The van der Waals surface area contributed by atoms with E-state index in [0.717, 1.165) is 0 Å². The minimum Gasteiger partial charge on any atom is -0.480 e. The Kier molecular flexibility index (Phi) is 6.49. The van der Waals surface area contributed by atoms with Gasteiger partial charge in [-0.1, -0.05) is 26.0 Å². The third-order valence-electron chi connectivity index (χ3n) is 3.13. The molecule has 0 heterocycles. The summed E-state index contributed by atoms with van der Waals surface area (Å²) in [4.78, 5) is 36.5. The van der Waals surface area contributed by atoms with Crippen LogP contribution in [0.4, 0.5) is 11.4 Å². The van der Waals surface area contributed by atoms with E-state index in [0.29, 0.717) is 12.2 Å². The van der Waals surface area contributed by atoms with E-state index < -0.39 is 10.9 Å². The fourth-order valence-corrected chi connectivity index (χ4v) is 2.19.